The van der Waals surface area contributed by atoms with Gasteiger partial charge >= 0.3 is 0 Å². The van der Waals surface area contributed by atoms with Crippen LogP contribution in [0.4, 0.5) is 0 Å². The van der Waals surface area contributed by atoms with E-state index >= 15 is 0 Å². The van der Waals surface area contributed by atoms with Crippen molar-refractivity contribution in [3.8, 4) is 5.75 Å². The first-order valence-electron chi connectivity index (χ1n) is 7.81. The van der Waals surface area contributed by atoms with Gasteiger partial charge in [0.1, 0.15) is 12.4 Å². The molecule has 0 aromatic heterocycles. The monoisotopic (exact) mass is 284 g/mol. The summed E-state index contributed by atoms with van der Waals surface area (Å²) in [7, 11) is 0. The highest BCUT2D eigenvalue weighted by molar-refractivity contribution is 5.83. The van der Waals surface area contributed by atoms with Gasteiger partial charge in [0.25, 0.3) is 0 Å². The van der Waals surface area contributed by atoms with Gasteiger partial charge in [-0.1, -0.05) is 30.3 Å². The highest BCUT2D eigenvalue weighted by atomic mass is 16.5. The predicted octanol–water partition coefficient (Wildman–Crippen LogP) is 2.90. The van der Waals surface area contributed by atoms with Crippen molar-refractivity contribution >= 4 is 10.8 Å². The van der Waals surface area contributed by atoms with E-state index in [1.807, 2.05) is 0 Å². The standard InChI is InChI=1S/C18H24N2O/c1-14-12-20(13-15(2)19-14)9-10-21-18-8-7-16-5-3-4-6-17(16)11-18/h3-8,11,14-15,19H,9-10,12-13H2,1-2H3. The third kappa shape index (κ3) is 3.74. The van der Waals surface area contributed by atoms with Gasteiger partial charge in [-0.15, -0.1) is 0 Å². The Morgan fingerprint density at radius 1 is 1.05 bits per heavy atom. The van der Waals surface area contributed by atoms with Gasteiger partial charge in [0.2, 0.25) is 0 Å². The van der Waals surface area contributed by atoms with Crippen LogP contribution in [0.2, 0.25) is 0 Å². The van der Waals surface area contributed by atoms with Gasteiger partial charge in [-0.05, 0) is 36.8 Å². The van der Waals surface area contributed by atoms with Crippen LogP contribution < -0.4 is 10.1 Å². The molecule has 3 nitrogen and oxygen atoms in total. The average Bonchev–Trinajstić information content (AvgIpc) is 2.46. The largest absolute Gasteiger partial charge is 0.492 e. The fourth-order valence-electron chi connectivity index (χ4n) is 3.17. The number of piperazine rings is 1. The molecule has 0 radical (unpaired) electrons. The Hall–Kier alpha value is -1.58. The molecule has 2 aromatic rings. The van der Waals surface area contributed by atoms with Crippen molar-refractivity contribution in [3.63, 3.8) is 0 Å². The molecule has 2 unspecified atom stereocenters. The Labute approximate surface area is 126 Å². The van der Waals surface area contributed by atoms with E-state index < -0.39 is 0 Å². The first-order valence-corrected chi connectivity index (χ1v) is 7.81. The van der Waals surface area contributed by atoms with Crippen LogP contribution in [-0.2, 0) is 0 Å². The Kier molecular flexibility index (Phi) is 4.42. The number of hydrogen-bond acceptors (Lipinski definition) is 3. The van der Waals surface area contributed by atoms with Gasteiger partial charge in [0.15, 0.2) is 0 Å². The molecule has 0 aliphatic carbocycles. The van der Waals surface area contributed by atoms with Crippen molar-refractivity contribution < 1.29 is 4.74 Å². The van der Waals surface area contributed by atoms with E-state index in [0.717, 1.165) is 32.0 Å². The van der Waals surface area contributed by atoms with Crippen LogP contribution in [0.15, 0.2) is 42.5 Å². The minimum absolute atomic E-state index is 0.564. The summed E-state index contributed by atoms with van der Waals surface area (Å²) in [4.78, 5) is 2.48. The van der Waals surface area contributed by atoms with Crippen molar-refractivity contribution in [1.29, 1.82) is 0 Å². The van der Waals surface area contributed by atoms with Crippen LogP contribution in [0.25, 0.3) is 10.8 Å². The second kappa shape index (κ2) is 6.46. The number of benzene rings is 2. The molecule has 1 aliphatic rings. The van der Waals surface area contributed by atoms with E-state index in [1.165, 1.54) is 10.8 Å². The lowest BCUT2D eigenvalue weighted by Crippen LogP contribution is -2.54. The Morgan fingerprint density at radius 2 is 1.76 bits per heavy atom. The molecule has 1 N–H and O–H groups in total. The van der Waals surface area contributed by atoms with E-state index in [9.17, 15) is 0 Å². The van der Waals surface area contributed by atoms with E-state index in [4.69, 9.17) is 4.74 Å². The van der Waals surface area contributed by atoms with Crippen LogP contribution in [0.5, 0.6) is 5.75 Å². The van der Waals surface area contributed by atoms with Crippen molar-refractivity contribution in [2.45, 2.75) is 25.9 Å². The quantitative estimate of drug-likeness (QED) is 0.934. The van der Waals surface area contributed by atoms with Gasteiger partial charge in [0.05, 0.1) is 0 Å². The number of hydrogen-bond donors (Lipinski definition) is 1. The minimum Gasteiger partial charge on any atom is -0.492 e. The minimum atomic E-state index is 0.564. The summed E-state index contributed by atoms with van der Waals surface area (Å²) in [6.07, 6.45) is 0. The van der Waals surface area contributed by atoms with E-state index in [0.29, 0.717) is 12.1 Å². The topological polar surface area (TPSA) is 24.5 Å². The molecule has 2 aromatic carbocycles. The normalized spacial score (nSPS) is 23.3. The SMILES string of the molecule is CC1CN(CCOc2ccc3ccccc3c2)CC(C)N1. The predicted molar refractivity (Wildman–Crippen MR) is 87.9 cm³/mol. The van der Waals surface area contributed by atoms with Crippen molar-refractivity contribution in [2.75, 3.05) is 26.2 Å². The van der Waals surface area contributed by atoms with Gasteiger partial charge in [0, 0.05) is 31.7 Å². The summed E-state index contributed by atoms with van der Waals surface area (Å²) in [6, 6.07) is 15.8. The van der Waals surface area contributed by atoms with Gasteiger partial charge in [-0.2, -0.15) is 0 Å². The molecule has 0 bridgehead atoms. The molecule has 3 heteroatoms. The van der Waals surface area contributed by atoms with Crippen LogP contribution in [0, 0.1) is 0 Å². The highest BCUT2D eigenvalue weighted by Gasteiger charge is 2.20. The number of ether oxygens (including phenoxy) is 1. The van der Waals surface area contributed by atoms with Gasteiger partial charge in [-0.3, -0.25) is 4.90 Å². The zero-order valence-corrected chi connectivity index (χ0v) is 12.9. The van der Waals surface area contributed by atoms with Crippen LogP contribution >= 0.6 is 0 Å². The fraction of sp³-hybridized carbons (Fsp3) is 0.444. The molecule has 1 fully saturated rings. The molecule has 21 heavy (non-hydrogen) atoms. The number of rotatable bonds is 4. The van der Waals surface area contributed by atoms with Crippen LogP contribution in [0.1, 0.15) is 13.8 Å². The molecular weight excluding hydrogens is 260 g/mol. The number of nitrogens with one attached hydrogen (secondary N) is 1. The summed E-state index contributed by atoms with van der Waals surface area (Å²) >= 11 is 0. The zero-order chi connectivity index (χ0) is 14.7. The molecule has 0 saturated carbocycles. The molecule has 2 atom stereocenters. The Bertz CT molecular complexity index is 589. The first-order chi connectivity index (χ1) is 10.2. The second-order valence-corrected chi connectivity index (χ2v) is 6.09. The van der Waals surface area contributed by atoms with Crippen LogP contribution in [-0.4, -0.2) is 43.2 Å². The molecular formula is C18H24N2O. The zero-order valence-electron chi connectivity index (χ0n) is 12.9. The average molecular weight is 284 g/mol. The highest BCUT2D eigenvalue weighted by Crippen LogP contribution is 2.20. The number of nitrogens with zero attached hydrogens (tertiary/aromatic N) is 1. The maximum Gasteiger partial charge on any atom is 0.120 e. The number of fused-ring (bicyclic) bond motifs is 1. The summed E-state index contributed by atoms with van der Waals surface area (Å²) in [5.74, 6) is 0.963. The third-order valence-corrected chi connectivity index (χ3v) is 4.03. The van der Waals surface area contributed by atoms with Gasteiger partial charge in [-0.25, -0.2) is 0 Å². The van der Waals surface area contributed by atoms with Crippen molar-refractivity contribution in [1.82, 2.24) is 10.2 Å². The fourth-order valence-corrected chi connectivity index (χ4v) is 3.17. The van der Waals surface area contributed by atoms with Crippen LogP contribution in [0.3, 0.4) is 0 Å². The maximum absolute atomic E-state index is 5.93. The second-order valence-electron chi connectivity index (χ2n) is 6.09. The summed E-state index contributed by atoms with van der Waals surface area (Å²) < 4.78 is 5.93. The molecule has 0 spiro atoms. The molecule has 1 saturated heterocycles. The maximum atomic E-state index is 5.93. The molecule has 0 amide bonds. The first kappa shape index (κ1) is 14.4. The lowest BCUT2D eigenvalue weighted by atomic mass is 10.1. The van der Waals surface area contributed by atoms with E-state index in [1.54, 1.807) is 0 Å². The van der Waals surface area contributed by atoms with E-state index in [-0.39, 0.29) is 0 Å². The molecule has 1 heterocycles. The summed E-state index contributed by atoms with van der Waals surface area (Å²) in [5.41, 5.74) is 0. The van der Waals surface area contributed by atoms with Crippen molar-refractivity contribution in [3.05, 3.63) is 42.5 Å². The molecule has 1 aliphatic heterocycles. The molecule has 112 valence electrons. The smallest absolute Gasteiger partial charge is 0.120 e. The lowest BCUT2D eigenvalue weighted by molar-refractivity contribution is 0.146. The molecule has 3 rings (SSSR count). The third-order valence-electron chi connectivity index (χ3n) is 4.03. The van der Waals surface area contributed by atoms with E-state index in [2.05, 4.69) is 66.5 Å². The van der Waals surface area contributed by atoms with Crippen molar-refractivity contribution in [2.24, 2.45) is 0 Å². The van der Waals surface area contributed by atoms with Gasteiger partial charge < -0.3 is 10.1 Å². The Morgan fingerprint density at radius 3 is 2.52 bits per heavy atom. The summed E-state index contributed by atoms with van der Waals surface area (Å²) in [6.45, 7) is 8.43. The lowest BCUT2D eigenvalue weighted by Gasteiger charge is -2.35. The Balaban J connectivity index is 1.54. The summed E-state index contributed by atoms with van der Waals surface area (Å²) in [5, 5.41) is 6.05.